The van der Waals surface area contributed by atoms with Crippen molar-refractivity contribution in [3.63, 3.8) is 0 Å². The second kappa shape index (κ2) is 10.7. The molecule has 1 aliphatic rings. The van der Waals surface area contributed by atoms with Crippen molar-refractivity contribution in [3.05, 3.63) is 59.4 Å². The topological polar surface area (TPSA) is 65.7 Å². The molecular formula is C24H24Br3N3O3. The Balaban J connectivity index is 1.87. The minimum Gasteiger partial charge on any atom is -0.492 e. The molecule has 0 saturated heterocycles. The van der Waals surface area contributed by atoms with Crippen molar-refractivity contribution in [3.8, 4) is 11.5 Å². The molecule has 1 heterocycles. The van der Waals surface area contributed by atoms with Crippen molar-refractivity contribution in [2.45, 2.75) is 44.9 Å². The standard InChI is InChI=1S/C24H24Br3N3O3/c1-3-33-19-11-15(20(26)21(27)22(19)32-2)13-28-30-23(14-7-5-4-6-8-14)29-18-10-9-16(25)12-17(18)24(30)31/h9-14H,3-8H2,1-2H3. The zero-order valence-corrected chi connectivity index (χ0v) is 23.2. The van der Waals surface area contributed by atoms with Gasteiger partial charge in [0.15, 0.2) is 11.5 Å². The van der Waals surface area contributed by atoms with Gasteiger partial charge in [0.05, 0.1) is 35.3 Å². The van der Waals surface area contributed by atoms with Crippen molar-refractivity contribution >= 4 is 64.9 Å². The highest BCUT2D eigenvalue weighted by molar-refractivity contribution is 9.13. The molecule has 1 saturated carbocycles. The minimum absolute atomic E-state index is 0.174. The molecule has 4 rings (SSSR count). The fourth-order valence-electron chi connectivity index (χ4n) is 4.17. The number of ether oxygens (including phenoxy) is 2. The van der Waals surface area contributed by atoms with Crippen LogP contribution in [0.15, 0.2) is 47.6 Å². The van der Waals surface area contributed by atoms with Crippen LogP contribution in [0.2, 0.25) is 0 Å². The van der Waals surface area contributed by atoms with Crippen LogP contribution in [0.4, 0.5) is 0 Å². The SMILES string of the molecule is CCOc1cc(C=Nn2c(C3CCCCC3)nc3ccc(Br)cc3c2=O)c(Br)c(Br)c1OC. The fraction of sp³-hybridized carbons (Fsp3) is 0.375. The van der Waals surface area contributed by atoms with E-state index < -0.39 is 0 Å². The average molecular weight is 642 g/mol. The molecule has 0 aliphatic heterocycles. The first-order chi connectivity index (χ1) is 15.9. The van der Waals surface area contributed by atoms with E-state index in [1.165, 1.54) is 11.1 Å². The first-order valence-electron chi connectivity index (χ1n) is 10.9. The summed E-state index contributed by atoms with van der Waals surface area (Å²) in [5.74, 6) is 2.12. The van der Waals surface area contributed by atoms with Gasteiger partial charge in [0.25, 0.3) is 5.56 Å². The maximum Gasteiger partial charge on any atom is 0.282 e. The number of rotatable bonds is 6. The van der Waals surface area contributed by atoms with Crippen LogP contribution < -0.4 is 15.0 Å². The lowest BCUT2D eigenvalue weighted by molar-refractivity contribution is 0.309. The van der Waals surface area contributed by atoms with E-state index in [2.05, 4.69) is 52.9 Å². The molecule has 0 spiro atoms. The van der Waals surface area contributed by atoms with Crippen LogP contribution in [0, 0.1) is 0 Å². The van der Waals surface area contributed by atoms with Crippen LogP contribution in [0.5, 0.6) is 11.5 Å². The van der Waals surface area contributed by atoms with Crippen molar-refractivity contribution in [2.24, 2.45) is 5.10 Å². The van der Waals surface area contributed by atoms with E-state index in [1.54, 1.807) is 19.4 Å². The molecule has 9 heteroatoms. The van der Waals surface area contributed by atoms with E-state index in [0.717, 1.165) is 50.5 Å². The van der Waals surface area contributed by atoms with Gasteiger partial charge >= 0.3 is 0 Å². The van der Waals surface area contributed by atoms with E-state index in [1.807, 2.05) is 25.1 Å². The molecule has 3 aromatic rings. The minimum atomic E-state index is -0.174. The zero-order valence-electron chi connectivity index (χ0n) is 18.4. The molecule has 0 bridgehead atoms. The highest BCUT2D eigenvalue weighted by atomic mass is 79.9. The van der Waals surface area contributed by atoms with E-state index in [0.29, 0.717) is 29.0 Å². The number of methoxy groups -OCH3 is 1. The summed E-state index contributed by atoms with van der Waals surface area (Å²) < 4.78 is 15.0. The van der Waals surface area contributed by atoms with E-state index >= 15 is 0 Å². The van der Waals surface area contributed by atoms with Crippen molar-refractivity contribution in [2.75, 3.05) is 13.7 Å². The zero-order chi connectivity index (χ0) is 23.5. The number of fused-ring (bicyclic) bond motifs is 1. The van der Waals surface area contributed by atoms with Gasteiger partial charge in [0.2, 0.25) is 0 Å². The molecule has 1 aromatic heterocycles. The van der Waals surface area contributed by atoms with Gasteiger partial charge < -0.3 is 9.47 Å². The Kier molecular flexibility index (Phi) is 7.91. The summed E-state index contributed by atoms with van der Waals surface area (Å²) in [6.45, 7) is 2.41. The quantitative estimate of drug-likeness (QED) is 0.271. The average Bonchev–Trinajstić information content (AvgIpc) is 2.82. The maximum atomic E-state index is 13.5. The largest absolute Gasteiger partial charge is 0.492 e. The number of nitrogens with zero attached hydrogens (tertiary/aromatic N) is 3. The third-order valence-electron chi connectivity index (χ3n) is 5.78. The molecule has 6 nitrogen and oxygen atoms in total. The second-order valence-corrected chi connectivity index (χ2v) is 10.4. The Morgan fingerprint density at radius 3 is 2.61 bits per heavy atom. The Labute approximate surface area is 217 Å². The molecule has 0 atom stereocenters. The molecular weight excluding hydrogens is 618 g/mol. The molecule has 33 heavy (non-hydrogen) atoms. The summed E-state index contributed by atoms with van der Waals surface area (Å²) in [5, 5.41) is 5.18. The number of halogens is 3. The van der Waals surface area contributed by atoms with E-state index in [-0.39, 0.29) is 11.5 Å². The Morgan fingerprint density at radius 1 is 1.15 bits per heavy atom. The first-order valence-corrected chi connectivity index (χ1v) is 13.3. The summed E-state index contributed by atoms with van der Waals surface area (Å²) >= 11 is 10.6. The number of hydrogen-bond acceptors (Lipinski definition) is 5. The van der Waals surface area contributed by atoms with Gasteiger partial charge in [0.1, 0.15) is 5.82 Å². The Hall–Kier alpha value is -1.71. The van der Waals surface area contributed by atoms with Crippen molar-refractivity contribution < 1.29 is 9.47 Å². The predicted octanol–water partition coefficient (Wildman–Crippen LogP) is 7.02. The van der Waals surface area contributed by atoms with Gasteiger partial charge in [-0.3, -0.25) is 4.79 Å². The van der Waals surface area contributed by atoms with Crippen molar-refractivity contribution in [1.82, 2.24) is 9.66 Å². The molecule has 1 aliphatic carbocycles. The molecule has 0 N–H and O–H groups in total. The summed E-state index contributed by atoms with van der Waals surface area (Å²) in [6.07, 6.45) is 7.18. The third-order valence-corrected chi connectivity index (χ3v) is 8.41. The normalized spacial score (nSPS) is 14.8. The van der Waals surface area contributed by atoms with Crippen LogP contribution in [-0.4, -0.2) is 29.6 Å². The summed E-state index contributed by atoms with van der Waals surface area (Å²) in [7, 11) is 1.59. The number of hydrogen-bond donors (Lipinski definition) is 0. The molecule has 174 valence electrons. The highest BCUT2D eigenvalue weighted by Crippen LogP contribution is 2.42. The second-order valence-electron chi connectivity index (χ2n) is 7.89. The molecule has 0 unspecified atom stereocenters. The van der Waals surface area contributed by atoms with E-state index in [9.17, 15) is 4.79 Å². The van der Waals surface area contributed by atoms with E-state index in [4.69, 9.17) is 14.5 Å². The Bertz CT molecular complexity index is 1270. The molecule has 0 radical (unpaired) electrons. The summed E-state index contributed by atoms with van der Waals surface area (Å²) in [6, 6.07) is 7.44. The molecule has 1 fully saturated rings. The Morgan fingerprint density at radius 2 is 1.91 bits per heavy atom. The molecule has 2 aromatic carbocycles. The van der Waals surface area contributed by atoms with Crippen LogP contribution in [0.25, 0.3) is 10.9 Å². The van der Waals surface area contributed by atoms with Gasteiger partial charge in [0, 0.05) is 20.4 Å². The smallest absolute Gasteiger partial charge is 0.282 e. The lowest BCUT2D eigenvalue weighted by Gasteiger charge is -2.22. The predicted molar refractivity (Wildman–Crippen MR) is 142 cm³/mol. The highest BCUT2D eigenvalue weighted by Gasteiger charge is 2.23. The van der Waals surface area contributed by atoms with Gasteiger partial charge in [-0.15, -0.1) is 0 Å². The summed E-state index contributed by atoms with van der Waals surface area (Å²) in [5.41, 5.74) is 1.27. The van der Waals surface area contributed by atoms with Gasteiger partial charge in [-0.2, -0.15) is 9.78 Å². The van der Waals surface area contributed by atoms with Gasteiger partial charge in [-0.05, 0) is 75.9 Å². The number of aromatic nitrogens is 2. The molecule has 0 amide bonds. The lowest BCUT2D eigenvalue weighted by Crippen LogP contribution is -2.25. The number of benzene rings is 2. The third kappa shape index (κ3) is 5.05. The fourth-order valence-corrected chi connectivity index (χ4v) is 5.52. The van der Waals surface area contributed by atoms with Crippen LogP contribution in [0.3, 0.4) is 0 Å². The van der Waals surface area contributed by atoms with Gasteiger partial charge in [-0.25, -0.2) is 4.98 Å². The lowest BCUT2D eigenvalue weighted by atomic mass is 9.88. The van der Waals surface area contributed by atoms with Crippen LogP contribution >= 0.6 is 47.8 Å². The monoisotopic (exact) mass is 639 g/mol. The van der Waals surface area contributed by atoms with Crippen molar-refractivity contribution in [1.29, 1.82) is 0 Å². The van der Waals surface area contributed by atoms with Crippen LogP contribution in [0.1, 0.15) is 56.3 Å². The summed E-state index contributed by atoms with van der Waals surface area (Å²) in [4.78, 5) is 18.4. The first kappa shape index (κ1) is 24.4. The van der Waals surface area contributed by atoms with Gasteiger partial charge in [-0.1, -0.05) is 35.2 Å². The maximum absolute atomic E-state index is 13.5. The van der Waals surface area contributed by atoms with Crippen LogP contribution in [-0.2, 0) is 0 Å².